The van der Waals surface area contributed by atoms with Gasteiger partial charge in [-0.25, -0.2) is 4.98 Å². The van der Waals surface area contributed by atoms with Gasteiger partial charge in [0.15, 0.2) is 0 Å². The van der Waals surface area contributed by atoms with Crippen LogP contribution in [-0.2, 0) is 4.79 Å². The van der Waals surface area contributed by atoms with E-state index in [2.05, 4.69) is 20.6 Å². The van der Waals surface area contributed by atoms with Gasteiger partial charge in [0, 0.05) is 40.9 Å². The number of pyridine rings is 1. The van der Waals surface area contributed by atoms with E-state index in [1.54, 1.807) is 48.9 Å². The topological polar surface area (TPSA) is 109 Å². The molecular formula is C21H17N5O3. The molecule has 0 unspecified atom stereocenters. The quantitative estimate of drug-likeness (QED) is 0.487. The number of hydrogen-bond acceptors (Lipinski definition) is 4. The molecule has 2 heterocycles. The summed E-state index contributed by atoms with van der Waals surface area (Å²) in [7, 11) is 0. The molecule has 3 N–H and O–H groups in total. The first-order valence-corrected chi connectivity index (χ1v) is 8.89. The van der Waals surface area contributed by atoms with E-state index < -0.39 is 11.8 Å². The van der Waals surface area contributed by atoms with Gasteiger partial charge in [0.25, 0.3) is 5.91 Å². The van der Waals surface area contributed by atoms with Crippen LogP contribution in [0.3, 0.4) is 0 Å². The van der Waals surface area contributed by atoms with Crippen LogP contribution < -0.4 is 16.1 Å². The Kier molecular flexibility index (Phi) is 4.90. The zero-order chi connectivity index (χ0) is 20.2. The third-order valence-corrected chi connectivity index (χ3v) is 4.40. The van der Waals surface area contributed by atoms with Crippen molar-refractivity contribution in [3.05, 3.63) is 89.2 Å². The zero-order valence-electron chi connectivity index (χ0n) is 15.3. The highest BCUT2D eigenvalue weighted by Crippen LogP contribution is 2.13. The summed E-state index contributed by atoms with van der Waals surface area (Å²) in [6, 6.07) is 14.1. The van der Waals surface area contributed by atoms with E-state index in [4.69, 9.17) is 0 Å². The number of fused-ring (bicyclic) bond motifs is 1. The number of H-pyrrole nitrogens is 1. The summed E-state index contributed by atoms with van der Waals surface area (Å²) < 4.78 is 1.84. The minimum Gasteiger partial charge on any atom is -0.360 e. The molecule has 8 heteroatoms. The summed E-state index contributed by atoms with van der Waals surface area (Å²) in [6.07, 6.45) is 6.53. The maximum absolute atomic E-state index is 12.4. The second kappa shape index (κ2) is 7.81. The molecular weight excluding hydrogens is 370 g/mol. The third kappa shape index (κ3) is 3.91. The van der Waals surface area contributed by atoms with E-state index in [-0.39, 0.29) is 17.5 Å². The van der Waals surface area contributed by atoms with E-state index in [9.17, 15) is 14.4 Å². The molecule has 0 saturated heterocycles. The summed E-state index contributed by atoms with van der Waals surface area (Å²) in [5.74, 6) is -1.01. The van der Waals surface area contributed by atoms with Crippen LogP contribution in [0.2, 0.25) is 0 Å². The van der Waals surface area contributed by atoms with Crippen molar-refractivity contribution >= 4 is 28.4 Å². The van der Waals surface area contributed by atoms with Gasteiger partial charge in [0.1, 0.15) is 5.56 Å². The first-order chi connectivity index (χ1) is 14.1. The predicted molar refractivity (Wildman–Crippen MR) is 109 cm³/mol. The molecule has 0 aliphatic carbocycles. The molecule has 0 aliphatic heterocycles. The van der Waals surface area contributed by atoms with E-state index in [1.165, 1.54) is 6.20 Å². The SMILES string of the molecule is O=C(CNC(=O)c1c[nH]c2ccccc2c1=O)Nc1ccc(-n2ccnc2)cc1. The van der Waals surface area contributed by atoms with Gasteiger partial charge >= 0.3 is 0 Å². The molecule has 0 spiro atoms. The number of nitrogens with zero attached hydrogens (tertiary/aromatic N) is 2. The lowest BCUT2D eigenvalue weighted by Gasteiger charge is -2.08. The van der Waals surface area contributed by atoms with Crippen LogP contribution in [0.4, 0.5) is 5.69 Å². The number of hydrogen-bond donors (Lipinski definition) is 3. The number of carbonyl (C=O) groups is 2. The average Bonchev–Trinajstić information content (AvgIpc) is 3.28. The molecule has 144 valence electrons. The van der Waals surface area contributed by atoms with Gasteiger partial charge in [-0.1, -0.05) is 12.1 Å². The largest absolute Gasteiger partial charge is 0.360 e. The van der Waals surface area contributed by atoms with E-state index in [0.717, 1.165) is 5.69 Å². The molecule has 0 saturated carbocycles. The van der Waals surface area contributed by atoms with Crippen LogP contribution in [0.25, 0.3) is 16.6 Å². The maximum atomic E-state index is 12.4. The highest BCUT2D eigenvalue weighted by atomic mass is 16.2. The second-order valence-corrected chi connectivity index (χ2v) is 6.32. The van der Waals surface area contributed by atoms with Crippen molar-refractivity contribution in [2.75, 3.05) is 11.9 Å². The first-order valence-electron chi connectivity index (χ1n) is 8.89. The lowest BCUT2D eigenvalue weighted by atomic mass is 10.1. The van der Waals surface area contributed by atoms with Crippen LogP contribution in [0.15, 0.2) is 78.2 Å². The number of nitrogens with one attached hydrogen (secondary N) is 3. The highest BCUT2D eigenvalue weighted by Gasteiger charge is 2.14. The molecule has 0 radical (unpaired) electrons. The molecule has 29 heavy (non-hydrogen) atoms. The monoisotopic (exact) mass is 387 g/mol. The summed E-state index contributed by atoms with van der Waals surface area (Å²) in [5.41, 5.74) is 1.72. The Balaban J connectivity index is 1.38. The normalized spacial score (nSPS) is 10.6. The summed E-state index contributed by atoms with van der Waals surface area (Å²) in [5, 5.41) is 5.59. The number of rotatable bonds is 5. The number of para-hydroxylation sites is 1. The Morgan fingerprint density at radius 2 is 1.86 bits per heavy atom. The fourth-order valence-corrected chi connectivity index (χ4v) is 2.93. The van der Waals surface area contributed by atoms with Crippen molar-refractivity contribution in [1.29, 1.82) is 0 Å². The first kappa shape index (κ1) is 18.2. The fourth-order valence-electron chi connectivity index (χ4n) is 2.93. The molecule has 8 nitrogen and oxygen atoms in total. The van der Waals surface area contributed by atoms with Crippen LogP contribution in [-0.4, -0.2) is 32.9 Å². The number of anilines is 1. The van der Waals surface area contributed by atoms with Crippen LogP contribution in [0.1, 0.15) is 10.4 Å². The minimum absolute atomic E-state index is 0.0406. The van der Waals surface area contributed by atoms with Crippen molar-refractivity contribution in [3.8, 4) is 5.69 Å². The highest BCUT2D eigenvalue weighted by molar-refractivity contribution is 6.00. The van der Waals surface area contributed by atoms with Crippen molar-refractivity contribution in [3.63, 3.8) is 0 Å². The molecule has 0 bridgehead atoms. The molecule has 4 rings (SSSR count). The van der Waals surface area contributed by atoms with Crippen LogP contribution in [0.5, 0.6) is 0 Å². The van der Waals surface area contributed by atoms with Crippen LogP contribution in [0, 0.1) is 0 Å². The summed E-state index contributed by atoms with van der Waals surface area (Å²) in [6.45, 7) is -0.256. The van der Waals surface area contributed by atoms with Gasteiger partial charge in [0.2, 0.25) is 11.3 Å². The lowest BCUT2D eigenvalue weighted by molar-refractivity contribution is -0.115. The molecule has 4 aromatic rings. The maximum Gasteiger partial charge on any atom is 0.257 e. The molecule has 2 aromatic carbocycles. The number of amides is 2. The number of aromatic amines is 1. The Bertz CT molecular complexity index is 1230. The van der Waals surface area contributed by atoms with Gasteiger partial charge in [-0.15, -0.1) is 0 Å². The Morgan fingerprint density at radius 1 is 1.07 bits per heavy atom. The smallest absolute Gasteiger partial charge is 0.257 e. The standard InChI is InChI=1S/C21H17N5O3/c27-19(25-14-5-7-15(8-6-14)26-10-9-22-13-26)12-24-21(29)17-11-23-18-4-2-1-3-16(18)20(17)28/h1-11,13H,12H2,(H,23,28)(H,24,29)(H,25,27). The number of aromatic nitrogens is 3. The van der Waals surface area contributed by atoms with Gasteiger partial charge in [0.05, 0.1) is 12.9 Å². The molecule has 0 fully saturated rings. The Hall–Kier alpha value is -4.20. The minimum atomic E-state index is -0.609. The molecule has 0 aliphatic rings. The summed E-state index contributed by atoms with van der Waals surface area (Å²) >= 11 is 0. The average molecular weight is 387 g/mol. The van der Waals surface area contributed by atoms with Crippen LogP contribution >= 0.6 is 0 Å². The number of imidazole rings is 1. The Morgan fingerprint density at radius 3 is 2.62 bits per heavy atom. The molecule has 0 atom stereocenters. The van der Waals surface area contributed by atoms with E-state index in [1.807, 2.05) is 22.9 Å². The van der Waals surface area contributed by atoms with Gasteiger partial charge in [-0.2, -0.15) is 0 Å². The molecule has 2 aromatic heterocycles. The number of benzene rings is 2. The Labute approximate surface area is 165 Å². The van der Waals surface area contributed by atoms with Crippen molar-refractivity contribution in [1.82, 2.24) is 19.9 Å². The zero-order valence-corrected chi connectivity index (χ0v) is 15.3. The van der Waals surface area contributed by atoms with Gasteiger partial charge < -0.3 is 20.2 Å². The van der Waals surface area contributed by atoms with Gasteiger partial charge in [-0.3, -0.25) is 14.4 Å². The van der Waals surface area contributed by atoms with E-state index >= 15 is 0 Å². The second-order valence-electron chi connectivity index (χ2n) is 6.32. The van der Waals surface area contributed by atoms with Crippen molar-refractivity contribution in [2.45, 2.75) is 0 Å². The predicted octanol–water partition coefficient (Wildman–Crippen LogP) is 2.08. The number of carbonyl (C=O) groups excluding carboxylic acids is 2. The van der Waals surface area contributed by atoms with Gasteiger partial charge in [-0.05, 0) is 36.4 Å². The van der Waals surface area contributed by atoms with E-state index in [0.29, 0.717) is 16.6 Å². The third-order valence-electron chi connectivity index (χ3n) is 4.40. The van der Waals surface area contributed by atoms with Crippen molar-refractivity contribution < 1.29 is 9.59 Å². The lowest BCUT2D eigenvalue weighted by Crippen LogP contribution is -2.35. The fraction of sp³-hybridized carbons (Fsp3) is 0.0476. The molecule has 2 amide bonds. The summed E-state index contributed by atoms with van der Waals surface area (Å²) in [4.78, 5) is 43.8. The van der Waals surface area contributed by atoms with Crippen molar-refractivity contribution in [2.24, 2.45) is 0 Å².